The quantitative estimate of drug-likeness (QED) is 0.872. The van der Waals surface area contributed by atoms with Crippen molar-refractivity contribution in [1.29, 1.82) is 0 Å². The topological polar surface area (TPSA) is 58.6 Å². The number of esters is 1. The number of thiophene rings is 1. The highest BCUT2D eigenvalue weighted by Gasteiger charge is 2.27. The minimum Gasteiger partial charge on any atom is -0.468 e. The number of hydrogen-bond donors (Lipinski definition) is 1. The molecule has 1 aliphatic rings. The van der Waals surface area contributed by atoms with Crippen LogP contribution in [0.25, 0.3) is 0 Å². The molecule has 1 aromatic heterocycles. The summed E-state index contributed by atoms with van der Waals surface area (Å²) in [5, 5.41) is 4.67. The average molecular weight is 296 g/mol. The van der Waals surface area contributed by atoms with Crippen LogP contribution in [0, 0.1) is 0 Å². The summed E-state index contributed by atoms with van der Waals surface area (Å²) in [6.07, 6.45) is 4.26. The Morgan fingerprint density at radius 2 is 2.30 bits per heavy atom. The van der Waals surface area contributed by atoms with E-state index in [1.54, 1.807) is 11.3 Å². The molecule has 2 rings (SSSR count). The first-order valence-electron chi connectivity index (χ1n) is 6.87. The lowest BCUT2D eigenvalue weighted by atomic mass is 10.1. The number of urea groups is 1. The van der Waals surface area contributed by atoms with Gasteiger partial charge in [0.2, 0.25) is 0 Å². The summed E-state index contributed by atoms with van der Waals surface area (Å²) in [6, 6.07) is 4.02. The lowest BCUT2D eigenvalue weighted by Crippen LogP contribution is -2.43. The van der Waals surface area contributed by atoms with Gasteiger partial charge in [-0.2, -0.15) is 0 Å². The lowest BCUT2D eigenvalue weighted by molar-refractivity contribution is -0.139. The summed E-state index contributed by atoms with van der Waals surface area (Å²) in [6.45, 7) is 0.651. The molecule has 1 saturated heterocycles. The number of likely N-dealkylation sites (tertiary alicyclic amines) is 1. The summed E-state index contributed by atoms with van der Waals surface area (Å²) in [5.41, 5.74) is 0. The molecule has 1 aliphatic heterocycles. The van der Waals surface area contributed by atoms with E-state index in [0.29, 0.717) is 0 Å². The molecule has 6 heteroatoms. The van der Waals surface area contributed by atoms with Crippen molar-refractivity contribution < 1.29 is 14.3 Å². The fourth-order valence-corrected chi connectivity index (χ4v) is 3.32. The van der Waals surface area contributed by atoms with Crippen molar-refractivity contribution in [3.05, 3.63) is 22.4 Å². The fraction of sp³-hybridized carbons (Fsp3) is 0.571. The molecule has 2 heterocycles. The Labute approximate surface area is 122 Å². The summed E-state index contributed by atoms with van der Waals surface area (Å²) in [4.78, 5) is 26.5. The van der Waals surface area contributed by atoms with Gasteiger partial charge in [0.15, 0.2) is 0 Å². The van der Waals surface area contributed by atoms with Crippen molar-refractivity contribution in [2.45, 2.75) is 31.7 Å². The summed E-state index contributed by atoms with van der Waals surface area (Å²) < 4.78 is 4.54. The molecule has 1 fully saturated rings. The van der Waals surface area contributed by atoms with Crippen molar-refractivity contribution in [3.8, 4) is 0 Å². The Hall–Kier alpha value is -1.56. The van der Waals surface area contributed by atoms with Crippen LogP contribution < -0.4 is 5.32 Å². The van der Waals surface area contributed by atoms with Crippen LogP contribution in [0.4, 0.5) is 4.79 Å². The second kappa shape index (κ2) is 7.28. The van der Waals surface area contributed by atoms with Gasteiger partial charge < -0.3 is 15.0 Å². The monoisotopic (exact) mass is 296 g/mol. The first-order chi connectivity index (χ1) is 9.72. The van der Waals surface area contributed by atoms with Crippen LogP contribution in [-0.4, -0.2) is 37.1 Å². The molecule has 0 spiro atoms. The molecule has 2 amide bonds. The van der Waals surface area contributed by atoms with Crippen molar-refractivity contribution in [2.24, 2.45) is 0 Å². The highest BCUT2D eigenvalue weighted by molar-refractivity contribution is 7.10. The molecule has 1 N–H and O–H groups in total. The van der Waals surface area contributed by atoms with Gasteiger partial charge >= 0.3 is 12.0 Å². The highest BCUT2D eigenvalue weighted by atomic mass is 32.1. The first kappa shape index (κ1) is 14.8. The lowest BCUT2D eigenvalue weighted by Gasteiger charge is -2.29. The van der Waals surface area contributed by atoms with Crippen molar-refractivity contribution in [1.82, 2.24) is 10.2 Å². The van der Waals surface area contributed by atoms with Crippen molar-refractivity contribution in [3.63, 3.8) is 0 Å². The average Bonchev–Trinajstić information content (AvgIpc) is 2.88. The van der Waals surface area contributed by atoms with Crippen LogP contribution in [-0.2, 0) is 9.53 Å². The summed E-state index contributed by atoms with van der Waals surface area (Å²) in [5.74, 6) is -0.430. The number of nitrogens with zero attached hydrogens (tertiary/aromatic N) is 1. The van der Waals surface area contributed by atoms with Crippen LogP contribution in [0.2, 0.25) is 0 Å². The predicted octanol–water partition coefficient (Wildman–Crippen LogP) is 2.55. The third kappa shape index (κ3) is 3.72. The number of ether oxygens (including phenoxy) is 1. The van der Waals surface area contributed by atoms with Gasteiger partial charge in [0.25, 0.3) is 0 Å². The van der Waals surface area contributed by atoms with E-state index in [1.165, 1.54) is 12.0 Å². The van der Waals surface area contributed by atoms with E-state index in [-0.39, 0.29) is 18.6 Å². The number of amides is 2. The zero-order valence-electron chi connectivity index (χ0n) is 11.6. The van der Waals surface area contributed by atoms with E-state index in [9.17, 15) is 9.59 Å². The highest BCUT2D eigenvalue weighted by Crippen LogP contribution is 2.32. The SMILES string of the molecule is COC(=O)CNC(=O)N1CCCCCC1c1cccs1. The standard InChI is InChI=1S/C14H20N2O3S/c1-19-13(17)10-15-14(18)16-8-4-2-3-6-11(16)12-7-5-9-20-12/h5,7,9,11H,2-4,6,8,10H2,1H3,(H,15,18). The molecule has 1 unspecified atom stereocenters. The molecular formula is C14H20N2O3S. The van der Waals surface area contributed by atoms with Gasteiger partial charge in [-0.05, 0) is 24.3 Å². The Kier molecular flexibility index (Phi) is 5.40. The second-order valence-electron chi connectivity index (χ2n) is 4.81. The predicted molar refractivity (Wildman–Crippen MR) is 77.6 cm³/mol. The molecule has 110 valence electrons. The van der Waals surface area contributed by atoms with Crippen molar-refractivity contribution >= 4 is 23.3 Å². The number of rotatable bonds is 3. The first-order valence-corrected chi connectivity index (χ1v) is 7.75. The molecule has 0 radical (unpaired) electrons. The van der Waals surface area contributed by atoms with E-state index < -0.39 is 5.97 Å². The summed E-state index contributed by atoms with van der Waals surface area (Å²) in [7, 11) is 1.31. The smallest absolute Gasteiger partial charge is 0.325 e. The number of methoxy groups -OCH3 is 1. The molecule has 0 aromatic carbocycles. The van der Waals surface area contributed by atoms with E-state index in [0.717, 1.165) is 32.2 Å². The Bertz CT molecular complexity index is 447. The van der Waals surface area contributed by atoms with Crippen LogP contribution >= 0.6 is 11.3 Å². The maximum Gasteiger partial charge on any atom is 0.325 e. The maximum absolute atomic E-state index is 12.3. The van der Waals surface area contributed by atoms with Crippen LogP contribution in [0.1, 0.15) is 36.6 Å². The normalized spacial score (nSPS) is 19.2. The van der Waals surface area contributed by atoms with E-state index in [1.807, 2.05) is 16.3 Å². The van der Waals surface area contributed by atoms with E-state index in [2.05, 4.69) is 16.1 Å². The molecule has 20 heavy (non-hydrogen) atoms. The molecule has 0 bridgehead atoms. The largest absolute Gasteiger partial charge is 0.468 e. The second-order valence-corrected chi connectivity index (χ2v) is 5.79. The number of carbonyl (C=O) groups excluding carboxylic acids is 2. The maximum atomic E-state index is 12.3. The molecule has 1 aromatic rings. The zero-order chi connectivity index (χ0) is 14.4. The number of carbonyl (C=O) groups is 2. The summed E-state index contributed by atoms with van der Waals surface area (Å²) >= 11 is 1.68. The van der Waals surface area contributed by atoms with Gasteiger partial charge in [0.05, 0.1) is 13.2 Å². The zero-order valence-corrected chi connectivity index (χ0v) is 12.4. The minimum absolute atomic E-state index is 0.0804. The molecule has 1 atom stereocenters. The molecule has 0 aliphatic carbocycles. The molecule has 0 saturated carbocycles. The van der Waals surface area contributed by atoms with Gasteiger partial charge in [-0.1, -0.05) is 18.9 Å². The van der Waals surface area contributed by atoms with Gasteiger partial charge in [-0.15, -0.1) is 11.3 Å². The van der Waals surface area contributed by atoms with Crippen molar-refractivity contribution in [2.75, 3.05) is 20.2 Å². The van der Waals surface area contributed by atoms with E-state index in [4.69, 9.17) is 0 Å². The van der Waals surface area contributed by atoms with Gasteiger partial charge in [0.1, 0.15) is 6.54 Å². The van der Waals surface area contributed by atoms with Gasteiger partial charge in [-0.3, -0.25) is 4.79 Å². The Morgan fingerprint density at radius 3 is 3.00 bits per heavy atom. The van der Waals surface area contributed by atoms with Gasteiger partial charge in [0, 0.05) is 11.4 Å². The third-order valence-corrected chi connectivity index (χ3v) is 4.47. The van der Waals surface area contributed by atoms with Gasteiger partial charge in [-0.25, -0.2) is 4.79 Å². The molecule has 5 nitrogen and oxygen atoms in total. The van der Waals surface area contributed by atoms with Crippen LogP contribution in [0.15, 0.2) is 17.5 Å². The van der Waals surface area contributed by atoms with E-state index >= 15 is 0 Å². The number of hydrogen-bond acceptors (Lipinski definition) is 4. The van der Waals surface area contributed by atoms with Crippen LogP contribution in [0.5, 0.6) is 0 Å². The fourth-order valence-electron chi connectivity index (χ4n) is 2.45. The Balaban J connectivity index is 2.04. The minimum atomic E-state index is -0.430. The molecular weight excluding hydrogens is 276 g/mol. The Morgan fingerprint density at radius 1 is 1.45 bits per heavy atom. The number of nitrogens with one attached hydrogen (secondary N) is 1. The van der Waals surface area contributed by atoms with Crippen LogP contribution in [0.3, 0.4) is 0 Å². The third-order valence-electron chi connectivity index (χ3n) is 3.50.